The second-order valence-corrected chi connectivity index (χ2v) is 7.71. The second-order valence-electron chi connectivity index (χ2n) is 4.50. The van der Waals surface area contributed by atoms with E-state index >= 15 is 0 Å². The van der Waals surface area contributed by atoms with E-state index < -0.39 is 9.05 Å². The van der Waals surface area contributed by atoms with Gasteiger partial charge in [-0.1, -0.05) is 17.7 Å². The Hall–Kier alpha value is -0.850. The molecule has 1 saturated heterocycles. The summed E-state index contributed by atoms with van der Waals surface area (Å²) in [7, 11) is 1.62. The van der Waals surface area contributed by atoms with Crippen molar-refractivity contribution in [3.8, 4) is 0 Å². The maximum atomic E-state index is 11.8. The minimum atomic E-state index is -3.58. The first kappa shape index (κ1) is 14.6. The molecule has 0 aromatic carbocycles. The molecule has 1 aromatic rings. The van der Waals surface area contributed by atoms with Crippen molar-refractivity contribution in [1.29, 1.82) is 0 Å². The van der Waals surface area contributed by atoms with E-state index in [9.17, 15) is 13.2 Å². The molecule has 1 amide bonds. The topological polar surface area (TPSA) is 67.3 Å². The minimum Gasteiger partial charge on any atom is -0.336 e. The molecular weight excluding hydrogens is 311 g/mol. The van der Waals surface area contributed by atoms with Crippen LogP contribution in [-0.4, -0.2) is 36.5 Å². The third-order valence-electron chi connectivity index (χ3n) is 2.86. The quantitative estimate of drug-likeness (QED) is 0.624. The van der Waals surface area contributed by atoms with Crippen molar-refractivity contribution in [2.24, 2.45) is 5.92 Å². The SMILES string of the molecule is O=C1CC(CS(=O)(=O)Cl)CN1Cc1cccc(Cl)n1. The number of carbonyl (C=O) groups is 1. The van der Waals surface area contributed by atoms with Gasteiger partial charge < -0.3 is 4.90 Å². The lowest BCUT2D eigenvalue weighted by atomic mass is 10.1. The molecule has 1 aliphatic heterocycles. The van der Waals surface area contributed by atoms with Gasteiger partial charge in [0, 0.05) is 29.6 Å². The van der Waals surface area contributed by atoms with Gasteiger partial charge in [0.15, 0.2) is 0 Å². The zero-order valence-electron chi connectivity index (χ0n) is 9.92. The summed E-state index contributed by atoms with van der Waals surface area (Å²) in [5.41, 5.74) is 0.676. The van der Waals surface area contributed by atoms with E-state index in [0.29, 0.717) is 23.9 Å². The summed E-state index contributed by atoms with van der Waals surface area (Å²) in [6, 6.07) is 5.18. The highest BCUT2D eigenvalue weighted by Gasteiger charge is 2.32. The Morgan fingerprint density at radius 2 is 2.16 bits per heavy atom. The third kappa shape index (κ3) is 4.33. The molecule has 1 atom stereocenters. The van der Waals surface area contributed by atoms with Gasteiger partial charge in [-0.15, -0.1) is 0 Å². The van der Waals surface area contributed by atoms with E-state index in [1.54, 1.807) is 23.1 Å². The molecule has 0 saturated carbocycles. The van der Waals surface area contributed by atoms with Crippen LogP contribution in [0.4, 0.5) is 0 Å². The number of nitrogens with zero attached hydrogens (tertiary/aromatic N) is 2. The molecule has 1 aromatic heterocycles. The molecule has 5 nitrogen and oxygen atoms in total. The van der Waals surface area contributed by atoms with E-state index in [0.717, 1.165) is 0 Å². The highest BCUT2D eigenvalue weighted by molar-refractivity contribution is 8.13. The summed E-state index contributed by atoms with van der Waals surface area (Å²) >= 11 is 5.77. The Bertz CT molecular complexity index is 591. The third-order valence-corrected chi connectivity index (χ3v) is 4.31. The maximum absolute atomic E-state index is 11.8. The summed E-state index contributed by atoms with van der Waals surface area (Å²) in [5, 5.41) is 0.365. The molecule has 2 heterocycles. The Labute approximate surface area is 120 Å². The second kappa shape index (κ2) is 5.64. The van der Waals surface area contributed by atoms with Crippen LogP contribution in [0.3, 0.4) is 0 Å². The summed E-state index contributed by atoms with van der Waals surface area (Å²) in [6.45, 7) is 0.706. The first-order valence-electron chi connectivity index (χ1n) is 5.65. The number of halogens is 2. The van der Waals surface area contributed by atoms with Gasteiger partial charge in [-0.2, -0.15) is 0 Å². The van der Waals surface area contributed by atoms with Gasteiger partial charge in [0.05, 0.1) is 18.0 Å². The van der Waals surface area contributed by atoms with Crippen molar-refractivity contribution in [2.75, 3.05) is 12.3 Å². The lowest BCUT2D eigenvalue weighted by Crippen LogP contribution is -2.25. The van der Waals surface area contributed by atoms with Crippen LogP contribution in [0.5, 0.6) is 0 Å². The Balaban J connectivity index is 2.01. The zero-order valence-corrected chi connectivity index (χ0v) is 12.2. The highest BCUT2D eigenvalue weighted by Crippen LogP contribution is 2.22. The number of pyridine rings is 1. The molecule has 8 heteroatoms. The summed E-state index contributed by atoms with van der Waals surface area (Å²) < 4.78 is 22.0. The standard InChI is InChI=1S/C11H12Cl2N2O3S/c12-10-3-1-2-9(14-10)6-15-5-8(4-11(15)16)7-19(13,17)18/h1-3,8H,4-7H2. The van der Waals surface area contributed by atoms with Gasteiger partial charge in [0.25, 0.3) is 0 Å². The van der Waals surface area contributed by atoms with Gasteiger partial charge in [-0.05, 0) is 12.1 Å². The first-order chi connectivity index (χ1) is 8.83. The van der Waals surface area contributed by atoms with Crippen LogP contribution >= 0.6 is 22.3 Å². The molecule has 2 rings (SSSR count). The highest BCUT2D eigenvalue weighted by atomic mass is 35.7. The van der Waals surface area contributed by atoms with Crippen LogP contribution in [0, 0.1) is 5.92 Å². The van der Waals surface area contributed by atoms with Gasteiger partial charge in [0.1, 0.15) is 5.15 Å². The summed E-state index contributed by atoms with van der Waals surface area (Å²) in [4.78, 5) is 17.5. The predicted octanol–water partition coefficient (Wildman–Crippen LogP) is 1.65. The summed E-state index contributed by atoms with van der Waals surface area (Å²) in [6.07, 6.45) is 0.201. The fourth-order valence-corrected chi connectivity index (χ4v) is 3.64. The Morgan fingerprint density at radius 1 is 1.42 bits per heavy atom. The van der Waals surface area contributed by atoms with E-state index in [2.05, 4.69) is 4.98 Å². The lowest BCUT2D eigenvalue weighted by Gasteiger charge is -2.15. The van der Waals surface area contributed by atoms with Gasteiger partial charge >= 0.3 is 0 Å². The van der Waals surface area contributed by atoms with E-state index in [4.69, 9.17) is 22.3 Å². The average molecular weight is 323 g/mol. The molecule has 1 fully saturated rings. The van der Waals surface area contributed by atoms with E-state index in [1.807, 2.05) is 0 Å². The monoisotopic (exact) mass is 322 g/mol. The maximum Gasteiger partial charge on any atom is 0.232 e. The molecule has 0 bridgehead atoms. The molecule has 0 N–H and O–H groups in total. The van der Waals surface area contributed by atoms with Crippen LogP contribution in [0.2, 0.25) is 5.15 Å². The van der Waals surface area contributed by atoms with Crippen molar-refractivity contribution in [3.05, 3.63) is 29.0 Å². The van der Waals surface area contributed by atoms with Crippen molar-refractivity contribution in [2.45, 2.75) is 13.0 Å². The zero-order chi connectivity index (χ0) is 14.0. The Morgan fingerprint density at radius 3 is 2.79 bits per heavy atom. The normalized spacial score (nSPS) is 20.0. The molecule has 0 radical (unpaired) electrons. The molecule has 1 aliphatic rings. The lowest BCUT2D eigenvalue weighted by molar-refractivity contribution is -0.128. The number of likely N-dealkylation sites (tertiary alicyclic amines) is 1. The molecule has 0 spiro atoms. The van der Waals surface area contributed by atoms with E-state index in [1.165, 1.54) is 0 Å². The number of rotatable bonds is 4. The fraction of sp³-hybridized carbons (Fsp3) is 0.455. The van der Waals surface area contributed by atoms with Crippen LogP contribution in [-0.2, 0) is 20.4 Å². The number of amides is 1. The smallest absolute Gasteiger partial charge is 0.232 e. The average Bonchev–Trinajstić information content (AvgIpc) is 2.56. The summed E-state index contributed by atoms with van der Waals surface area (Å²) in [5.74, 6) is -0.527. The van der Waals surface area contributed by atoms with Crippen molar-refractivity contribution < 1.29 is 13.2 Å². The molecule has 19 heavy (non-hydrogen) atoms. The van der Waals surface area contributed by atoms with Crippen molar-refractivity contribution in [1.82, 2.24) is 9.88 Å². The van der Waals surface area contributed by atoms with E-state index in [-0.39, 0.29) is 24.0 Å². The van der Waals surface area contributed by atoms with Gasteiger partial charge in [0.2, 0.25) is 15.0 Å². The molecule has 1 unspecified atom stereocenters. The van der Waals surface area contributed by atoms with Gasteiger partial charge in [-0.3, -0.25) is 4.79 Å². The van der Waals surface area contributed by atoms with Crippen molar-refractivity contribution >= 4 is 37.2 Å². The first-order valence-corrected chi connectivity index (χ1v) is 8.50. The minimum absolute atomic E-state index is 0.0907. The van der Waals surface area contributed by atoms with Crippen LogP contribution in [0.15, 0.2) is 18.2 Å². The van der Waals surface area contributed by atoms with Crippen molar-refractivity contribution in [3.63, 3.8) is 0 Å². The van der Waals surface area contributed by atoms with Gasteiger partial charge in [-0.25, -0.2) is 13.4 Å². The number of hydrogen-bond acceptors (Lipinski definition) is 4. The molecule has 104 valence electrons. The largest absolute Gasteiger partial charge is 0.336 e. The number of hydrogen-bond donors (Lipinski definition) is 0. The molecular formula is C11H12Cl2N2O3S. The molecule has 0 aliphatic carbocycles. The predicted molar refractivity (Wildman–Crippen MR) is 72.4 cm³/mol. The number of aromatic nitrogens is 1. The van der Waals surface area contributed by atoms with Crippen LogP contribution in [0.1, 0.15) is 12.1 Å². The Kier molecular flexibility index (Phi) is 4.32. The number of carbonyl (C=O) groups excluding carboxylic acids is 1. The fourth-order valence-electron chi connectivity index (χ4n) is 2.13. The van der Waals surface area contributed by atoms with Crippen LogP contribution in [0.25, 0.3) is 0 Å². The van der Waals surface area contributed by atoms with Crippen LogP contribution < -0.4 is 0 Å².